The molecule has 0 spiro atoms. The SMILES string of the molecule is Nc1cc(-c2nn3c(C(F)(F)F)nnc3s2)ccn1. The first-order valence-electron chi connectivity index (χ1n) is 4.96. The van der Waals surface area contributed by atoms with Gasteiger partial charge in [0.05, 0.1) is 0 Å². The summed E-state index contributed by atoms with van der Waals surface area (Å²) < 4.78 is 38.6. The van der Waals surface area contributed by atoms with Gasteiger partial charge < -0.3 is 5.73 Å². The number of fused-ring (bicyclic) bond motifs is 1. The van der Waals surface area contributed by atoms with Crippen LogP contribution in [0.3, 0.4) is 0 Å². The van der Waals surface area contributed by atoms with Crippen molar-refractivity contribution in [2.45, 2.75) is 6.18 Å². The van der Waals surface area contributed by atoms with Gasteiger partial charge in [-0.2, -0.15) is 22.8 Å². The molecule has 0 aliphatic heterocycles. The highest BCUT2D eigenvalue weighted by molar-refractivity contribution is 7.19. The molecule has 0 saturated heterocycles. The van der Waals surface area contributed by atoms with Crippen molar-refractivity contribution in [2.24, 2.45) is 0 Å². The zero-order chi connectivity index (χ0) is 13.6. The van der Waals surface area contributed by atoms with Crippen molar-refractivity contribution in [1.82, 2.24) is 24.8 Å². The van der Waals surface area contributed by atoms with Crippen LogP contribution in [0.1, 0.15) is 5.82 Å². The first-order chi connectivity index (χ1) is 8.95. The summed E-state index contributed by atoms with van der Waals surface area (Å²) in [5, 5.41) is 10.8. The average molecular weight is 286 g/mol. The minimum Gasteiger partial charge on any atom is -0.384 e. The van der Waals surface area contributed by atoms with E-state index in [0.717, 1.165) is 11.3 Å². The first kappa shape index (κ1) is 11.8. The number of pyridine rings is 1. The maximum Gasteiger partial charge on any atom is 0.453 e. The predicted octanol–water partition coefficient (Wildman–Crippen LogP) is 1.85. The number of alkyl halides is 3. The van der Waals surface area contributed by atoms with Crippen LogP contribution >= 0.6 is 11.3 Å². The molecule has 3 aromatic rings. The lowest BCUT2D eigenvalue weighted by atomic mass is 10.3. The van der Waals surface area contributed by atoms with Gasteiger partial charge >= 0.3 is 6.18 Å². The van der Waals surface area contributed by atoms with E-state index in [4.69, 9.17) is 5.73 Å². The summed E-state index contributed by atoms with van der Waals surface area (Å²) in [5.41, 5.74) is 6.10. The van der Waals surface area contributed by atoms with Crippen LogP contribution < -0.4 is 5.73 Å². The van der Waals surface area contributed by atoms with E-state index < -0.39 is 12.0 Å². The van der Waals surface area contributed by atoms with Gasteiger partial charge in [-0.15, -0.1) is 10.2 Å². The molecule has 0 atom stereocenters. The standard InChI is InChI=1S/C9H5F3N6S/c10-9(11,12)7-15-16-8-18(7)17-6(19-8)4-1-2-14-5(13)3-4/h1-3H,(H2,13,14). The van der Waals surface area contributed by atoms with E-state index >= 15 is 0 Å². The quantitative estimate of drug-likeness (QED) is 0.738. The summed E-state index contributed by atoms with van der Waals surface area (Å²) in [6.45, 7) is 0. The Labute approximate surface area is 107 Å². The Bertz CT molecular complexity index is 746. The van der Waals surface area contributed by atoms with Gasteiger partial charge in [-0.05, 0) is 12.1 Å². The second kappa shape index (κ2) is 3.88. The molecule has 0 bridgehead atoms. The maximum atomic E-state index is 12.6. The molecule has 0 saturated carbocycles. The zero-order valence-corrected chi connectivity index (χ0v) is 9.90. The van der Waals surface area contributed by atoms with Gasteiger partial charge in [0.15, 0.2) is 0 Å². The Hall–Kier alpha value is -2.23. The smallest absolute Gasteiger partial charge is 0.384 e. The van der Waals surface area contributed by atoms with Crippen molar-refractivity contribution < 1.29 is 13.2 Å². The minimum absolute atomic E-state index is 0.0673. The molecule has 3 heterocycles. The number of nitrogens with two attached hydrogens (primary N) is 1. The lowest BCUT2D eigenvalue weighted by molar-refractivity contribution is -0.146. The fraction of sp³-hybridized carbons (Fsp3) is 0.111. The lowest BCUT2D eigenvalue weighted by Gasteiger charge is -2.00. The number of hydrogen-bond acceptors (Lipinski definition) is 6. The molecule has 0 aromatic carbocycles. The summed E-state index contributed by atoms with van der Waals surface area (Å²) in [5.74, 6) is -0.883. The molecule has 19 heavy (non-hydrogen) atoms. The number of anilines is 1. The Morgan fingerprint density at radius 3 is 2.74 bits per heavy atom. The molecule has 98 valence electrons. The molecule has 0 aliphatic carbocycles. The molecule has 0 radical (unpaired) electrons. The van der Waals surface area contributed by atoms with Gasteiger partial charge in [0.2, 0.25) is 4.96 Å². The average Bonchev–Trinajstić information content (AvgIpc) is 2.85. The molecular weight excluding hydrogens is 281 g/mol. The Morgan fingerprint density at radius 1 is 1.26 bits per heavy atom. The van der Waals surface area contributed by atoms with E-state index in [-0.39, 0.29) is 10.8 Å². The van der Waals surface area contributed by atoms with E-state index in [1.807, 2.05) is 0 Å². The van der Waals surface area contributed by atoms with Crippen LogP contribution in [0.2, 0.25) is 0 Å². The van der Waals surface area contributed by atoms with Crippen LogP contribution in [0.4, 0.5) is 19.0 Å². The third-order valence-corrected chi connectivity index (χ3v) is 3.22. The number of hydrogen-bond donors (Lipinski definition) is 1. The summed E-state index contributed by atoms with van der Waals surface area (Å²) >= 11 is 0.991. The van der Waals surface area contributed by atoms with E-state index in [1.165, 1.54) is 12.3 Å². The van der Waals surface area contributed by atoms with Gasteiger partial charge in [-0.25, -0.2) is 4.98 Å². The Balaban J connectivity index is 2.15. The summed E-state index contributed by atoms with van der Waals surface area (Å²) in [6, 6.07) is 3.13. The fourth-order valence-corrected chi connectivity index (χ4v) is 2.33. The maximum absolute atomic E-state index is 12.6. The Kier molecular flexibility index (Phi) is 2.42. The highest BCUT2D eigenvalue weighted by Crippen LogP contribution is 2.31. The fourth-order valence-electron chi connectivity index (χ4n) is 1.49. The van der Waals surface area contributed by atoms with Crippen LogP contribution in [0, 0.1) is 0 Å². The number of aromatic nitrogens is 5. The first-order valence-corrected chi connectivity index (χ1v) is 5.78. The second-order valence-corrected chi connectivity index (χ2v) is 4.55. The van der Waals surface area contributed by atoms with E-state index in [2.05, 4.69) is 20.3 Å². The molecule has 3 aromatic heterocycles. The second-order valence-electron chi connectivity index (χ2n) is 3.59. The molecular formula is C9H5F3N6S. The predicted molar refractivity (Wildman–Crippen MR) is 61.3 cm³/mol. The summed E-state index contributed by atoms with van der Waals surface area (Å²) in [6.07, 6.45) is -3.14. The number of rotatable bonds is 1. The van der Waals surface area contributed by atoms with Crippen molar-refractivity contribution in [3.05, 3.63) is 24.2 Å². The summed E-state index contributed by atoms with van der Waals surface area (Å²) in [7, 11) is 0. The monoisotopic (exact) mass is 286 g/mol. The number of nitrogens with zero attached hydrogens (tertiary/aromatic N) is 5. The molecule has 3 rings (SSSR count). The van der Waals surface area contributed by atoms with E-state index in [0.29, 0.717) is 15.1 Å². The zero-order valence-electron chi connectivity index (χ0n) is 9.09. The highest BCUT2D eigenvalue weighted by atomic mass is 32.1. The summed E-state index contributed by atoms with van der Waals surface area (Å²) in [4.78, 5) is 3.87. The molecule has 6 nitrogen and oxygen atoms in total. The minimum atomic E-state index is -4.60. The van der Waals surface area contributed by atoms with Crippen LogP contribution in [0.5, 0.6) is 0 Å². The molecule has 0 fully saturated rings. The Morgan fingerprint density at radius 2 is 2.05 bits per heavy atom. The molecule has 0 unspecified atom stereocenters. The van der Waals surface area contributed by atoms with Gasteiger partial charge in [-0.3, -0.25) is 0 Å². The number of nitrogen functional groups attached to an aromatic ring is 1. The van der Waals surface area contributed by atoms with Gasteiger partial charge in [0.1, 0.15) is 10.8 Å². The van der Waals surface area contributed by atoms with Crippen molar-refractivity contribution in [3.8, 4) is 10.6 Å². The van der Waals surface area contributed by atoms with Crippen LogP contribution in [-0.2, 0) is 6.18 Å². The van der Waals surface area contributed by atoms with Crippen molar-refractivity contribution in [3.63, 3.8) is 0 Å². The lowest BCUT2D eigenvalue weighted by Crippen LogP contribution is -2.11. The van der Waals surface area contributed by atoms with Crippen LogP contribution in [-0.4, -0.2) is 24.8 Å². The molecule has 0 aliphatic rings. The number of halogens is 3. The third-order valence-electron chi connectivity index (χ3n) is 2.27. The van der Waals surface area contributed by atoms with Gasteiger partial charge in [-0.1, -0.05) is 11.3 Å². The molecule has 0 amide bonds. The highest BCUT2D eigenvalue weighted by Gasteiger charge is 2.38. The van der Waals surface area contributed by atoms with E-state index in [9.17, 15) is 13.2 Å². The topological polar surface area (TPSA) is 82.0 Å². The van der Waals surface area contributed by atoms with Crippen molar-refractivity contribution in [1.29, 1.82) is 0 Å². The third kappa shape index (κ3) is 1.99. The largest absolute Gasteiger partial charge is 0.453 e. The van der Waals surface area contributed by atoms with Gasteiger partial charge in [0.25, 0.3) is 5.82 Å². The molecule has 2 N–H and O–H groups in total. The van der Waals surface area contributed by atoms with Crippen molar-refractivity contribution >= 4 is 22.1 Å². The van der Waals surface area contributed by atoms with Crippen LogP contribution in [0.25, 0.3) is 15.5 Å². The normalized spacial score (nSPS) is 12.2. The van der Waals surface area contributed by atoms with E-state index in [1.54, 1.807) is 6.07 Å². The van der Waals surface area contributed by atoms with Gasteiger partial charge in [0, 0.05) is 11.8 Å². The van der Waals surface area contributed by atoms with Crippen LogP contribution in [0.15, 0.2) is 18.3 Å². The van der Waals surface area contributed by atoms with Crippen molar-refractivity contribution in [2.75, 3.05) is 5.73 Å². The molecule has 10 heteroatoms.